The summed E-state index contributed by atoms with van der Waals surface area (Å²) in [6, 6.07) is -2.22. The zero-order chi connectivity index (χ0) is 19.6. The fourth-order valence-electron chi connectivity index (χ4n) is 1.65. The third-order valence-corrected chi connectivity index (χ3v) is 7.18. The van der Waals surface area contributed by atoms with Gasteiger partial charge in [-0.2, -0.15) is 0 Å². The average Bonchev–Trinajstić information content (AvgIpc) is 2.70. The molecular weight excluding hydrogens is 308 g/mol. The highest BCUT2D eigenvalue weighted by molar-refractivity contribution is 7.95. The van der Waals surface area contributed by atoms with Crippen molar-refractivity contribution in [2.24, 2.45) is 5.14 Å². The van der Waals surface area contributed by atoms with Crippen LogP contribution in [0.15, 0.2) is 14.5 Å². The summed E-state index contributed by atoms with van der Waals surface area (Å²) in [7, 11) is -9.19. The van der Waals surface area contributed by atoms with Gasteiger partial charge in [-0.25, -0.2) is 22.0 Å². The molecule has 1 aliphatic rings. The van der Waals surface area contributed by atoms with E-state index in [2.05, 4.69) is 5.32 Å². The lowest BCUT2D eigenvalue weighted by Gasteiger charge is -2.27. The third-order valence-electron chi connectivity index (χ3n) is 2.48. The molecule has 6 nitrogen and oxygen atoms in total. The molecule has 2 atom stereocenters. The first-order valence-electron chi connectivity index (χ1n) is 8.21. The maximum atomic E-state index is 12.8. The lowest BCUT2D eigenvalue weighted by Crippen LogP contribution is -2.33. The van der Waals surface area contributed by atoms with Gasteiger partial charge in [0.25, 0.3) is 0 Å². The van der Waals surface area contributed by atoms with Crippen LogP contribution in [0.1, 0.15) is 40.0 Å². The van der Waals surface area contributed by atoms with Crippen molar-refractivity contribution < 1.29 is 25.1 Å². The van der Waals surface area contributed by atoms with Gasteiger partial charge in [0.15, 0.2) is 9.84 Å². The predicted molar refractivity (Wildman–Crippen MR) is 73.4 cm³/mol. The normalized spacial score (nSPS) is 34.0. The van der Waals surface area contributed by atoms with Crippen LogP contribution in [0.3, 0.4) is 0 Å². The number of sulfone groups is 1. The van der Waals surface area contributed by atoms with Crippen LogP contribution >= 0.6 is 11.3 Å². The molecule has 108 valence electrons. The fraction of sp³-hybridized carbons (Fsp3) is 0.600. The van der Waals surface area contributed by atoms with Crippen molar-refractivity contribution in [3.63, 3.8) is 0 Å². The number of sulfonamides is 1. The van der Waals surface area contributed by atoms with Crippen molar-refractivity contribution in [1.29, 1.82) is 0 Å². The molecule has 9 heteroatoms. The van der Waals surface area contributed by atoms with E-state index in [4.69, 9.17) is 13.4 Å². The summed E-state index contributed by atoms with van der Waals surface area (Å²) in [6.45, 7) is -1.47. The molecule has 0 radical (unpaired) electrons. The largest absolute Gasteiger partial charge is 0.310 e. The summed E-state index contributed by atoms with van der Waals surface area (Å²) < 4.78 is 94.2. The van der Waals surface area contributed by atoms with E-state index >= 15 is 0 Å². The van der Waals surface area contributed by atoms with E-state index in [0.29, 0.717) is 0 Å². The molecule has 2 heterocycles. The minimum atomic E-state index is -4.76. The number of thiophene rings is 1. The Morgan fingerprint density at radius 1 is 1.74 bits per heavy atom. The zero-order valence-corrected chi connectivity index (χ0v) is 12.2. The number of hydrogen-bond donors (Lipinski definition) is 2. The molecule has 0 saturated heterocycles. The summed E-state index contributed by atoms with van der Waals surface area (Å²) in [6.07, 6.45) is -2.81. The van der Waals surface area contributed by atoms with Gasteiger partial charge in [0.1, 0.15) is 8.42 Å². The molecule has 1 aliphatic heterocycles. The van der Waals surface area contributed by atoms with Crippen LogP contribution in [0, 0.1) is 0 Å². The van der Waals surface area contributed by atoms with Crippen molar-refractivity contribution in [3.05, 3.63) is 11.6 Å². The lowest BCUT2D eigenvalue weighted by atomic mass is 10.1. The molecule has 1 aromatic rings. The number of nitrogens with one attached hydrogen (secondary N) is 1. The van der Waals surface area contributed by atoms with Crippen molar-refractivity contribution in [2.45, 2.75) is 39.9 Å². The van der Waals surface area contributed by atoms with E-state index in [-0.39, 0.29) is 17.9 Å². The van der Waals surface area contributed by atoms with Gasteiger partial charge in [0, 0.05) is 18.5 Å². The SMILES string of the molecule is [2H]c1c(S(N)(=O)=O)sc2c1[C@@H](NCC)C([2H])([2H])[C@H](C([2H])([2H])[2H])S2(=O)=O. The molecule has 3 N–H and O–H groups in total. The van der Waals surface area contributed by atoms with Gasteiger partial charge in [0.2, 0.25) is 10.0 Å². The Bertz CT molecular complexity index is 906. The highest BCUT2D eigenvalue weighted by atomic mass is 32.3. The van der Waals surface area contributed by atoms with Crippen LogP contribution in [0.5, 0.6) is 0 Å². The lowest BCUT2D eigenvalue weighted by molar-refractivity contribution is 0.477. The highest BCUT2D eigenvalue weighted by Crippen LogP contribution is 2.42. The second kappa shape index (κ2) is 4.81. The van der Waals surface area contributed by atoms with E-state index in [9.17, 15) is 16.8 Å². The fourth-order valence-corrected chi connectivity index (χ4v) is 5.39. The molecule has 0 unspecified atom stereocenters. The monoisotopic (exact) mass is 330 g/mol. The molecule has 19 heavy (non-hydrogen) atoms. The van der Waals surface area contributed by atoms with Gasteiger partial charge in [0.05, 0.1) is 6.62 Å². The van der Waals surface area contributed by atoms with Gasteiger partial charge in [-0.05, 0) is 25.8 Å². The van der Waals surface area contributed by atoms with Crippen LogP contribution in [0.25, 0.3) is 0 Å². The van der Waals surface area contributed by atoms with Gasteiger partial charge >= 0.3 is 0 Å². The number of hydrogen-bond acceptors (Lipinski definition) is 6. The standard InChI is InChI=1S/C10H16N2O4S3/c1-3-12-8-4-6(2)18(13,14)10-7(8)5-9(17-10)19(11,15)16/h5-6,8,12H,3-4H2,1-2H3,(H2,11,15,16)/t6-,8-/m0/s1/i2D3,4D2,5D. The summed E-state index contributed by atoms with van der Waals surface area (Å²) in [5, 5.41) is 5.24. The Balaban J connectivity index is 2.96. The van der Waals surface area contributed by atoms with Gasteiger partial charge in [-0.3, -0.25) is 0 Å². The Morgan fingerprint density at radius 3 is 2.95 bits per heavy atom. The molecule has 0 amide bonds. The van der Waals surface area contributed by atoms with E-state index in [1.807, 2.05) is 0 Å². The van der Waals surface area contributed by atoms with Crippen molar-refractivity contribution in [2.75, 3.05) is 6.54 Å². The number of rotatable bonds is 3. The number of fused-ring (bicyclic) bond motifs is 1. The second-order valence-electron chi connectivity index (χ2n) is 3.84. The summed E-state index contributed by atoms with van der Waals surface area (Å²) in [5.74, 6) is 0. The van der Waals surface area contributed by atoms with Gasteiger partial charge in [-0.15, -0.1) is 11.3 Å². The molecular formula is C10H16N2O4S3. The summed E-state index contributed by atoms with van der Waals surface area (Å²) in [4.78, 5) is 0. The maximum Gasteiger partial charge on any atom is 0.247 e. The average molecular weight is 330 g/mol. The Labute approximate surface area is 125 Å². The van der Waals surface area contributed by atoms with Crippen LogP contribution in [0.2, 0.25) is 0 Å². The van der Waals surface area contributed by atoms with Crippen molar-refractivity contribution in [3.8, 4) is 0 Å². The Kier molecular flexibility index (Phi) is 2.21. The first kappa shape index (κ1) is 8.73. The minimum Gasteiger partial charge on any atom is -0.310 e. The quantitative estimate of drug-likeness (QED) is 0.844. The van der Waals surface area contributed by atoms with Gasteiger partial charge < -0.3 is 5.32 Å². The second-order valence-corrected chi connectivity index (χ2v) is 8.85. The number of primary sulfonamides is 1. The van der Waals surface area contributed by atoms with Crippen molar-refractivity contribution >= 4 is 31.2 Å². The van der Waals surface area contributed by atoms with E-state index in [0.717, 1.165) is 0 Å². The van der Waals surface area contributed by atoms with Crippen LogP contribution in [-0.4, -0.2) is 28.6 Å². The molecule has 1 aromatic heterocycles. The van der Waals surface area contributed by atoms with Crippen LogP contribution in [-0.2, 0) is 19.9 Å². The molecule has 0 saturated carbocycles. The first-order chi connectivity index (χ1) is 11.1. The number of nitrogens with two attached hydrogens (primary N) is 1. The summed E-state index contributed by atoms with van der Waals surface area (Å²) >= 11 is 0.181. The third kappa shape index (κ3) is 2.57. The first-order valence-corrected chi connectivity index (χ1v) is 9.12. The van der Waals surface area contributed by atoms with E-state index < -0.39 is 64.4 Å². The van der Waals surface area contributed by atoms with E-state index in [1.165, 1.54) is 0 Å². The molecule has 0 fully saturated rings. The highest BCUT2D eigenvalue weighted by Gasteiger charge is 2.39. The Hall–Kier alpha value is -0.480. The summed E-state index contributed by atoms with van der Waals surface area (Å²) in [5.41, 5.74) is -0.402. The smallest absolute Gasteiger partial charge is 0.247 e. The predicted octanol–water partition coefficient (Wildman–Crippen LogP) is 0.612. The van der Waals surface area contributed by atoms with Crippen molar-refractivity contribution in [1.82, 2.24) is 5.32 Å². The minimum absolute atomic E-state index is 0.136. The van der Waals surface area contributed by atoms with E-state index in [1.54, 1.807) is 6.92 Å². The zero-order valence-electron chi connectivity index (χ0n) is 15.8. The maximum absolute atomic E-state index is 12.8. The van der Waals surface area contributed by atoms with Crippen LogP contribution < -0.4 is 10.5 Å². The Morgan fingerprint density at radius 2 is 2.42 bits per heavy atom. The van der Waals surface area contributed by atoms with Crippen LogP contribution in [0.4, 0.5) is 0 Å². The molecule has 0 aromatic carbocycles. The molecule has 2 rings (SSSR count). The van der Waals surface area contributed by atoms with Gasteiger partial charge in [-0.1, -0.05) is 6.92 Å². The molecule has 0 spiro atoms. The topological polar surface area (TPSA) is 106 Å². The molecule has 0 aliphatic carbocycles. The molecule has 0 bridgehead atoms.